The van der Waals surface area contributed by atoms with Gasteiger partial charge in [-0.25, -0.2) is 15.0 Å². The van der Waals surface area contributed by atoms with Gasteiger partial charge in [-0.1, -0.05) is 140 Å². The molecule has 0 aliphatic carbocycles. The van der Waals surface area contributed by atoms with Crippen molar-refractivity contribution in [1.29, 1.82) is 0 Å². The summed E-state index contributed by atoms with van der Waals surface area (Å²) in [6.45, 7) is 0. The molecule has 4 nitrogen and oxygen atoms in total. The lowest BCUT2D eigenvalue weighted by Crippen LogP contribution is -2.02. The Bertz CT molecular complexity index is 2880. The zero-order valence-corrected chi connectivity index (χ0v) is 26.3. The van der Waals surface area contributed by atoms with Gasteiger partial charge in [-0.3, -0.25) is 0 Å². The lowest BCUT2D eigenvalue weighted by molar-refractivity contribution is 0.669. The number of benzene rings is 8. The zero-order valence-electron chi connectivity index (χ0n) is 26.3. The van der Waals surface area contributed by atoms with E-state index in [1.165, 1.54) is 21.5 Å². The number of fused-ring (bicyclic) bond motifs is 8. The van der Waals surface area contributed by atoms with Gasteiger partial charge in [0.2, 0.25) is 0 Å². The number of hydrogen-bond donors (Lipinski definition) is 0. The first-order valence-corrected chi connectivity index (χ1v) is 16.5. The molecular weight excluding hydrogens is 599 g/mol. The number of para-hydroxylation sites is 1. The summed E-state index contributed by atoms with van der Waals surface area (Å²) in [5, 5.41) is 9.04. The molecule has 0 aliphatic heterocycles. The van der Waals surface area contributed by atoms with Gasteiger partial charge in [0.1, 0.15) is 11.2 Å². The van der Waals surface area contributed by atoms with E-state index >= 15 is 0 Å². The highest BCUT2D eigenvalue weighted by Gasteiger charge is 2.23. The Balaban J connectivity index is 1.35. The van der Waals surface area contributed by atoms with Crippen LogP contribution in [0, 0.1) is 0 Å². The van der Waals surface area contributed by atoms with E-state index in [4.69, 9.17) is 19.4 Å². The van der Waals surface area contributed by atoms with Gasteiger partial charge >= 0.3 is 0 Å². The fraction of sp³-hybridized carbons (Fsp3) is 0. The molecule has 0 radical (unpaired) electrons. The molecule has 0 bridgehead atoms. The highest BCUT2D eigenvalue weighted by atomic mass is 16.3. The van der Waals surface area contributed by atoms with Crippen LogP contribution in [0.2, 0.25) is 0 Å². The summed E-state index contributed by atoms with van der Waals surface area (Å²) in [7, 11) is 0. The lowest BCUT2D eigenvalue weighted by Gasteiger charge is -2.15. The van der Waals surface area contributed by atoms with Crippen molar-refractivity contribution in [3.63, 3.8) is 0 Å². The molecule has 2 aromatic heterocycles. The Morgan fingerprint density at radius 3 is 1.78 bits per heavy atom. The predicted octanol–water partition coefficient (Wildman–Crippen LogP) is 11.9. The maximum atomic E-state index is 6.41. The van der Waals surface area contributed by atoms with Crippen molar-refractivity contribution in [2.24, 2.45) is 0 Å². The SMILES string of the molecule is c1ccc(-c2nc(-c3cc4c5ccccc5ccc4c4ccccc34)nc(-c3c(-c4ccccc4)ccc4oc5ccccc5c34)n2)cc1. The topological polar surface area (TPSA) is 51.8 Å². The molecular formula is C45H27N3O. The monoisotopic (exact) mass is 625 g/mol. The minimum absolute atomic E-state index is 0.599. The van der Waals surface area contributed by atoms with Crippen LogP contribution in [0.5, 0.6) is 0 Å². The maximum absolute atomic E-state index is 6.41. The predicted molar refractivity (Wildman–Crippen MR) is 201 cm³/mol. The minimum Gasteiger partial charge on any atom is -0.456 e. The third kappa shape index (κ3) is 4.42. The second-order valence-electron chi connectivity index (χ2n) is 12.3. The summed E-state index contributed by atoms with van der Waals surface area (Å²) in [5.41, 5.74) is 6.54. The van der Waals surface area contributed by atoms with Gasteiger partial charge in [0.05, 0.1) is 0 Å². The first-order valence-electron chi connectivity index (χ1n) is 16.5. The molecule has 0 unspecified atom stereocenters. The van der Waals surface area contributed by atoms with Crippen LogP contribution in [0.3, 0.4) is 0 Å². The molecule has 0 amide bonds. The van der Waals surface area contributed by atoms with Crippen molar-refractivity contribution in [1.82, 2.24) is 15.0 Å². The van der Waals surface area contributed by atoms with Crippen molar-refractivity contribution < 1.29 is 4.42 Å². The Morgan fingerprint density at radius 2 is 0.959 bits per heavy atom. The van der Waals surface area contributed by atoms with Crippen LogP contribution in [-0.4, -0.2) is 15.0 Å². The van der Waals surface area contributed by atoms with Crippen LogP contribution in [0.15, 0.2) is 168 Å². The van der Waals surface area contributed by atoms with Crippen molar-refractivity contribution >= 4 is 54.3 Å². The maximum Gasteiger partial charge on any atom is 0.165 e. The average molecular weight is 626 g/mol. The number of furan rings is 1. The molecule has 0 fully saturated rings. The highest BCUT2D eigenvalue weighted by Crippen LogP contribution is 2.43. The van der Waals surface area contributed by atoms with Gasteiger partial charge in [0.25, 0.3) is 0 Å². The van der Waals surface area contributed by atoms with Crippen LogP contribution in [0.25, 0.3) is 99.5 Å². The molecule has 10 aromatic rings. The van der Waals surface area contributed by atoms with E-state index < -0.39 is 0 Å². The summed E-state index contributed by atoms with van der Waals surface area (Å²) < 4.78 is 6.41. The molecule has 0 spiro atoms. The van der Waals surface area contributed by atoms with Crippen LogP contribution in [-0.2, 0) is 0 Å². The van der Waals surface area contributed by atoms with Gasteiger partial charge in [-0.05, 0) is 67.7 Å². The molecule has 0 saturated heterocycles. The molecule has 0 atom stereocenters. The third-order valence-electron chi connectivity index (χ3n) is 9.53. The van der Waals surface area contributed by atoms with Crippen molar-refractivity contribution in [2.45, 2.75) is 0 Å². The molecule has 0 N–H and O–H groups in total. The molecule has 49 heavy (non-hydrogen) atoms. The number of nitrogens with zero attached hydrogens (tertiary/aromatic N) is 3. The molecule has 0 aliphatic rings. The molecule has 2 heterocycles. The number of rotatable bonds is 4. The normalized spacial score (nSPS) is 11.7. The first kappa shape index (κ1) is 27.5. The molecule has 228 valence electrons. The molecule has 0 saturated carbocycles. The van der Waals surface area contributed by atoms with Crippen LogP contribution >= 0.6 is 0 Å². The molecule has 4 heteroatoms. The lowest BCUT2D eigenvalue weighted by atomic mass is 9.93. The van der Waals surface area contributed by atoms with Gasteiger partial charge in [-0.15, -0.1) is 0 Å². The van der Waals surface area contributed by atoms with Crippen molar-refractivity contribution in [3.05, 3.63) is 164 Å². The third-order valence-corrected chi connectivity index (χ3v) is 9.53. The van der Waals surface area contributed by atoms with E-state index in [9.17, 15) is 0 Å². The van der Waals surface area contributed by atoms with Gasteiger partial charge in [-0.2, -0.15) is 0 Å². The summed E-state index contributed by atoms with van der Waals surface area (Å²) >= 11 is 0. The van der Waals surface area contributed by atoms with E-state index in [1.54, 1.807) is 0 Å². The fourth-order valence-electron chi connectivity index (χ4n) is 7.28. The summed E-state index contributed by atoms with van der Waals surface area (Å²) in [6, 6.07) is 56.8. The van der Waals surface area contributed by atoms with Crippen molar-refractivity contribution in [2.75, 3.05) is 0 Å². The molecule has 10 rings (SSSR count). The largest absolute Gasteiger partial charge is 0.456 e. The molecule has 8 aromatic carbocycles. The van der Waals surface area contributed by atoms with Gasteiger partial charge in [0.15, 0.2) is 17.5 Å². The number of hydrogen-bond acceptors (Lipinski definition) is 4. The highest BCUT2D eigenvalue weighted by molar-refractivity contribution is 6.21. The minimum atomic E-state index is 0.599. The van der Waals surface area contributed by atoms with E-state index in [0.29, 0.717) is 17.5 Å². The Hall–Kier alpha value is -6.65. The smallest absolute Gasteiger partial charge is 0.165 e. The quantitative estimate of drug-likeness (QED) is 0.183. The summed E-state index contributed by atoms with van der Waals surface area (Å²) in [4.78, 5) is 15.9. The van der Waals surface area contributed by atoms with Crippen LogP contribution < -0.4 is 0 Å². The Morgan fingerprint density at radius 1 is 0.347 bits per heavy atom. The summed E-state index contributed by atoms with van der Waals surface area (Å²) in [5.74, 6) is 1.84. The van der Waals surface area contributed by atoms with Gasteiger partial charge < -0.3 is 4.42 Å². The van der Waals surface area contributed by atoms with Crippen LogP contribution in [0.4, 0.5) is 0 Å². The van der Waals surface area contributed by atoms with Crippen LogP contribution in [0.1, 0.15) is 0 Å². The fourth-order valence-corrected chi connectivity index (χ4v) is 7.28. The standard InChI is InChI=1S/C45H27N3O/c1-3-13-28(14-4-1)32-25-26-40-41(36-21-11-12-22-39(36)49-40)42(32)45-47-43(30-16-5-2-6-17-30)46-44(48-45)38-27-37-31-18-8-7-15-29(31)23-24-35(37)33-19-9-10-20-34(33)38/h1-27H. The number of aromatic nitrogens is 3. The summed E-state index contributed by atoms with van der Waals surface area (Å²) in [6.07, 6.45) is 0. The first-order chi connectivity index (χ1) is 24.3. The van der Waals surface area contributed by atoms with E-state index in [1.807, 2.05) is 36.4 Å². The average Bonchev–Trinajstić information content (AvgIpc) is 3.56. The van der Waals surface area contributed by atoms with E-state index in [2.05, 4.69) is 127 Å². The Kier molecular flexibility index (Phi) is 6.15. The van der Waals surface area contributed by atoms with E-state index in [0.717, 1.165) is 60.5 Å². The zero-order chi connectivity index (χ0) is 32.3. The second-order valence-corrected chi connectivity index (χ2v) is 12.3. The second kappa shape index (κ2) is 11.0. The Labute approximate surface area is 282 Å². The van der Waals surface area contributed by atoms with E-state index in [-0.39, 0.29) is 0 Å². The van der Waals surface area contributed by atoms with Crippen molar-refractivity contribution in [3.8, 4) is 45.3 Å². The van der Waals surface area contributed by atoms with Gasteiger partial charge in [0, 0.05) is 27.5 Å².